The Morgan fingerprint density at radius 3 is 2.69 bits per heavy atom. The van der Waals surface area contributed by atoms with Gasteiger partial charge in [-0.05, 0) is 37.1 Å². The minimum absolute atomic E-state index is 0.302. The van der Waals surface area contributed by atoms with Crippen LogP contribution >= 0.6 is 0 Å². The summed E-state index contributed by atoms with van der Waals surface area (Å²) in [7, 11) is 0. The molecule has 0 atom stereocenters. The number of rotatable bonds is 2. The van der Waals surface area contributed by atoms with Crippen LogP contribution in [0.4, 0.5) is 10.2 Å². The molecule has 0 amide bonds. The molecule has 0 unspecified atom stereocenters. The fourth-order valence-electron chi connectivity index (χ4n) is 3.82. The zero-order chi connectivity index (χ0) is 17.5. The third-order valence-electron chi connectivity index (χ3n) is 5.18. The number of hydrogen-bond acceptors (Lipinski definition) is 4. The van der Waals surface area contributed by atoms with E-state index < -0.39 is 0 Å². The summed E-state index contributed by atoms with van der Waals surface area (Å²) in [5.41, 5.74) is 2.49. The van der Waals surface area contributed by atoms with Gasteiger partial charge >= 0.3 is 0 Å². The molecular formula is C20H18FN5. The van der Waals surface area contributed by atoms with E-state index >= 15 is 0 Å². The van der Waals surface area contributed by atoms with Crippen molar-refractivity contribution in [3.05, 3.63) is 60.4 Å². The highest BCUT2D eigenvalue weighted by Gasteiger charge is 2.25. The zero-order valence-corrected chi connectivity index (χ0v) is 14.2. The molecule has 4 aromatic rings. The van der Waals surface area contributed by atoms with Crippen LogP contribution in [0.3, 0.4) is 0 Å². The van der Waals surface area contributed by atoms with Crippen molar-refractivity contribution in [3.8, 4) is 0 Å². The lowest BCUT2D eigenvalue weighted by molar-refractivity contribution is 0.488. The van der Waals surface area contributed by atoms with E-state index in [-0.39, 0.29) is 5.82 Å². The van der Waals surface area contributed by atoms with E-state index in [9.17, 15) is 4.39 Å². The van der Waals surface area contributed by atoms with Gasteiger partial charge in [0.25, 0.3) is 0 Å². The average molecular weight is 347 g/mol. The summed E-state index contributed by atoms with van der Waals surface area (Å²) in [4.78, 5) is 18.9. The lowest BCUT2D eigenvalue weighted by Gasteiger charge is -2.32. The third-order valence-corrected chi connectivity index (χ3v) is 5.18. The van der Waals surface area contributed by atoms with Gasteiger partial charge in [-0.3, -0.25) is 0 Å². The van der Waals surface area contributed by atoms with E-state index in [1.807, 2.05) is 24.3 Å². The van der Waals surface area contributed by atoms with E-state index in [2.05, 4.69) is 25.9 Å². The van der Waals surface area contributed by atoms with Crippen molar-refractivity contribution >= 4 is 27.8 Å². The maximum atomic E-state index is 14.0. The molecule has 1 N–H and O–H groups in total. The van der Waals surface area contributed by atoms with Crippen molar-refractivity contribution in [1.82, 2.24) is 19.9 Å². The molecule has 3 heterocycles. The molecule has 130 valence electrons. The van der Waals surface area contributed by atoms with Gasteiger partial charge < -0.3 is 9.88 Å². The van der Waals surface area contributed by atoms with Gasteiger partial charge in [-0.15, -0.1) is 0 Å². The molecule has 0 radical (unpaired) electrons. The van der Waals surface area contributed by atoms with Crippen LogP contribution in [-0.4, -0.2) is 33.0 Å². The number of aromatic amines is 1. The van der Waals surface area contributed by atoms with Crippen molar-refractivity contribution < 1.29 is 4.39 Å². The maximum absolute atomic E-state index is 14.0. The molecule has 5 nitrogen and oxygen atoms in total. The van der Waals surface area contributed by atoms with E-state index in [0.29, 0.717) is 11.4 Å². The van der Waals surface area contributed by atoms with Crippen molar-refractivity contribution in [1.29, 1.82) is 0 Å². The summed E-state index contributed by atoms with van der Waals surface area (Å²) >= 11 is 0. The summed E-state index contributed by atoms with van der Waals surface area (Å²) in [6, 6.07) is 13.2. The molecule has 6 heteroatoms. The van der Waals surface area contributed by atoms with Crippen LogP contribution in [0.1, 0.15) is 24.6 Å². The Kier molecular flexibility index (Phi) is 3.55. The van der Waals surface area contributed by atoms with Gasteiger partial charge in [-0.25, -0.2) is 19.3 Å². The first-order valence-corrected chi connectivity index (χ1v) is 8.88. The van der Waals surface area contributed by atoms with Gasteiger partial charge in [0, 0.05) is 24.4 Å². The number of nitrogens with zero attached hydrogens (tertiary/aromatic N) is 4. The lowest BCUT2D eigenvalue weighted by Crippen LogP contribution is -2.34. The summed E-state index contributed by atoms with van der Waals surface area (Å²) in [6.07, 6.45) is 3.42. The molecule has 1 aliphatic heterocycles. The van der Waals surface area contributed by atoms with Crippen LogP contribution in [0.15, 0.2) is 48.8 Å². The topological polar surface area (TPSA) is 57.7 Å². The Labute approximate surface area is 149 Å². The first-order chi connectivity index (χ1) is 12.8. The highest BCUT2D eigenvalue weighted by atomic mass is 19.1. The first-order valence-electron chi connectivity index (χ1n) is 8.88. The number of halogens is 1. The van der Waals surface area contributed by atoms with E-state index in [1.54, 1.807) is 6.07 Å². The molecule has 1 aliphatic rings. The van der Waals surface area contributed by atoms with Crippen molar-refractivity contribution in [3.63, 3.8) is 0 Å². The number of piperidine rings is 1. The van der Waals surface area contributed by atoms with Gasteiger partial charge in [0.2, 0.25) is 0 Å². The normalized spacial score (nSPS) is 15.8. The van der Waals surface area contributed by atoms with Gasteiger partial charge in [0.05, 0.1) is 11.0 Å². The van der Waals surface area contributed by atoms with E-state index in [4.69, 9.17) is 4.98 Å². The quantitative estimate of drug-likeness (QED) is 0.595. The molecule has 0 bridgehead atoms. The number of anilines is 1. The van der Waals surface area contributed by atoms with Crippen molar-refractivity contribution in [2.45, 2.75) is 18.8 Å². The summed E-state index contributed by atoms with van der Waals surface area (Å²) in [5, 5.41) is 0.773. The van der Waals surface area contributed by atoms with Crippen LogP contribution in [0.25, 0.3) is 21.9 Å². The van der Waals surface area contributed by atoms with Gasteiger partial charge in [-0.2, -0.15) is 0 Å². The molecule has 0 aliphatic carbocycles. The number of H-pyrrole nitrogens is 1. The fraction of sp³-hybridized carbons (Fsp3) is 0.250. The van der Waals surface area contributed by atoms with Gasteiger partial charge in [0.15, 0.2) is 0 Å². The SMILES string of the molecule is Fc1cccc2c(N3CCC(c4nc5ccccc5[nH]4)CC3)ncnc12. The molecule has 5 rings (SSSR count). The van der Waals surface area contributed by atoms with Gasteiger partial charge in [-0.1, -0.05) is 18.2 Å². The maximum Gasteiger partial charge on any atom is 0.149 e. The summed E-state index contributed by atoms with van der Waals surface area (Å²) < 4.78 is 14.0. The predicted molar refractivity (Wildman–Crippen MR) is 99.8 cm³/mol. The van der Waals surface area contributed by atoms with Gasteiger partial charge in [0.1, 0.15) is 29.3 Å². The van der Waals surface area contributed by atoms with Crippen LogP contribution in [0.5, 0.6) is 0 Å². The second kappa shape index (κ2) is 6.05. The van der Waals surface area contributed by atoms with Crippen LogP contribution < -0.4 is 4.90 Å². The number of aromatic nitrogens is 4. The Hall–Kier alpha value is -3.02. The Balaban J connectivity index is 1.40. The molecule has 1 saturated heterocycles. The monoisotopic (exact) mass is 347 g/mol. The zero-order valence-electron chi connectivity index (χ0n) is 14.2. The summed E-state index contributed by atoms with van der Waals surface area (Å²) in [6.45, 7) is 1.73. The number of imidazole rings is 1. The number of fused-ring (bicyclic) bond motifs is 2. The highest BCUT2D eigenvalue weighted by molar-refractivity contribution is 5.89. The predicted octanol–water partition coefficient (Wildman–Crippen LogP) is 4.03. The molecule has 0 spiro atoms. The largest absolute Gasteiger partial charge is 0.356 e. The number of benzene rings is 2. The number of para-hydroxylation sites is 3. The molecule has 2 aromatic carbocycles. The summed E-state index contributed by atoms with van der Waals surface area (Å²) in [5.74, 6) is 1.98. The lowest BCUT2D eigenvalue weighted by atomic mass is 9.96. The van der Waals surface area contributed by atoms with Crippen molar-refractivity contribution in [2.75, 3.05) is 18.0 Å². The van der Waals surface area contributed by atoms with Crippen LogP contribution in [0, 0.1) is 5.82 Å². The van der Waals surface area contributed by atoms with Crippen molar-refractivity contribution in [2.24, 2.45) is 0 Å². The average Bonchev–Trinajstić information content (AvgIpc) is 3.12. The molecule has 2 aromatic heterocycles. The van der Waals surface area contributed by atoms with Crippen LogP contribution in [0.2, 0.25) is 0 Å². The first kappa shape index (κ1) is 15.3. The Morgan fingerprint density at radius 2 is 1.85 bits per heavy atom. The number of hydrogen-bond donors (Lipinski definition) is 1. The minimum atomic E-state index is -0.302. The standard InChI is InChI=1S/C20H18FN5/c21-15-5-3-4-14-18(15)22-12-23-20(14)26-10-8-13(9-11-26)19-24-16-6-1-2-7-17(16)25-19/h1-7,12-13H,8-11H2,(H,24,25). The Bertz CT molecular complexity index is 1050. The fourth-order valence-corrected chi connectivity index (χ4v) is 3.82. The second-order valence-corrected chi connectivity index (χ2v) is 6.73. The van der Waals surface area contributed by atoms with E-state index in [0.717, 1.165) is 54.0 Å². The molecule has 26 heavy (non-hydrogen) atoms. The molecule has 0 saturated carbocycles. The van der Waals surface area contributed by atoms with E-state index in [1.165, 1.54) is 12.4 Å². The molecule has 1 fully saturated rings. The second-order valence-electron chi connectivity index (χ2n) is 6.73. The minimum Gasteiger partial charge on any atom is -0.356 e. The number of nitrogens with one attached hydrogen (secondary N) is 1. The third kappa shape index (κ3) is 2.49. The molecular weight excluding hydrogens is 329 g/mol. The smallest absolute Gasteiger partial charge is 0.149 e. The Morgan fingerprint density at radius 1 is 1.00 bits per heavy atom. The van der Waals surface area contributed by atoms with Crippen LogP contribution in [-0.2, 0) is 0 Å². The highest BCUT2D eigenvalue weighted by Crippen LogP contribution is 2.32.